The van der Waals surface area contributed by atoms with E-state index >= 15 is 0 Å². The fraction of sp³-hybridized carbons (Fsp3) is 0.174. The van der Waals surface area contributed by atoms with Crippen molar-refractivity contribution in [1.82, 2.24) is 24.9 Å². The summed E-state index contributed by atoms with van der Waals surface area (Å²) in [5.74, 6) is -2.81. The second-order valence-electron chi connectivity index (χ2n) is 7.99. The minimum atomic E-state index is -5.52. The molecule has 0 aliphatic rings. The summed E-state index contributed by atoms with van der Waals surface area (Å²) < 4.78 is 77.7. The lowest BCUT2D eigenvalue weighted by Gasteiger charge is -2.22. The van der Waals surface area contributed by atoms with Gasteiger partial charge in [-0.3, -0.25) is 4.40 Å². The van der Waals surface area contributed by atoms with E-state index in [9.17, 15) is 35.9 Å². The van der Waals surface area contributed by atoms with Gasteiger partial charge in [0.25, 0.3) is 0 Å². The Kier molecular flexibility index (Phi) is 7.37. The first-order valence-electron chi connectivity index (χ1n) is 10.7. The fourth-order valence-electron chi connectivity index (χ4n) is 3.35. The van der Waals surface area contributed by atoms with E-state index in [0.29, 0.717) is 28.2 Å². The Labute approximate surface area is 219 Å². The van der Waals surface area contributed by atoms with E-state index in [4.69, 9.17) is 11.6 Å². The number of amides is 2. The molecule has 0 fully saturated rings. The number of pyridine rings is 1. The molecular formula is C23H15ClF6N6O3. The highest BCUT2D eigenvalue weighted by atomic mass is 35.5. The van der Waals surface area contributed by atoms with Gasteiger partial charge in [-0.25, -0.2) is 14.6 Å². The molecule has 1 N–H and O–H groups in total. The third kappa shape index (κ3) is 6.37. The maximum atomic E-state index is 12.8. The number of rotatable bonds is 4. The number of carbonyl (C=O) groups is 2. The molecule has 0 unspecified atom stereocenters. The molecule has 0 atom stereocenters. The first-order chi connectivity index (χ1) is 18.2. The van der Waals surface area contributed by atoms with Gasteiger partial charge < -0.3 is 10.2 Å². The van der Waals surface area contributed by atoms with Crippen LogP contribution in [0.4, 0.5) is 36.8 Å². The Hall–Kier alpha value is -4.40. The van der Waals surface area contributed by atoms with Crippen molar-refractivity contribution in [3.05, 3.63) is 65.6 Å². The minimum absolute atomic E-state index is 0.200. The van der Waals surface area contributed by atoms with Gasteiger partial charge in [-0.05, 0) is 42.8 Å². The topological polar surface area (TPSA) is 102 Å². The SMILES string of the molecule is Cc1cc(-c2ccn3c(-c4cccc(N(OC(=O)C(F)(F)F)C(=O)NCC(F)(F)F)c4)cnc3c2)nnc1Cl. The zero-order valence-electron chi connectivity index (χ0n) is 19.5. The molecule has 16 heteroatoms. The number of carbonyl (C=O) groups excluding carboxylic acids is 2. The number of aryl methyl sites for hydroxylation is 1. The Morgan fingerprint density at radius 2 is 1.79 bits per heavy atom. The van der Waals surface area contributed by atoms with Crippen molar-refractivity contribution >= 4 is 34.9 Å². The smallest absolute Gasteiger partial charge is 0.326 e. The molecule has 39 heavy (non-hydrogen) atoms. The fourth-order valence-corrected chi connectivity index (χ4v) is 3.44. The van der Waals surface area contributed by atoms with Crippen molar-refractivity contribution in [2.24, 2.45) is 0 Å². The van der Waals surface area contributed by atoms with Crippen molar-refractivity contribution in [2.75, 3.05) is 11.6 Å². The van der Waals surface area contributed by atoms with Gasteiger partial charge in [-0.15, -0.1) is 15.3 Å². The van der Waals surface area contributed by atoms with Crippen molar-refractivity contribution in [3.63, 3.8) is 0 Å². The average Bonchev–Trinajstić information content (AvgIpc) is 3.29. The molecule has 0 radical (unpaired) electrons. The molecule has 1 aromatic carbocycles. The zero-order valence-corrected chi connectivity index (χ0v) is 20.3. The lowest BCUT2D eigenvalue weighted by molar-refractivity contribution is -0.199. The molecule has 9 nitrogen and oxygen atoms in total. The van der Waals surface area contributed by atoms with Crippen LogP contribution in [0, 0.1) is 6.92 Å². The first kappa shape index (κ1) is 27.6. The molecule has 0 saturated carbocycles. The molecule has 3 heterocycles. The van der Waals surface area contributed by atoms with Crippen molar-refractivity contribution in [1.29, 1.82) is 0 Å². The van der Waals surface area contributed by atoms with E-state index in [1.807, 2.05) is 0 Å². The third-order valence-electron chi connectivity index (χ3n) is 5.14. The van der Waals surface area contributed by atoms with E-state index in [-0.39, 0.29) is 15.8 Å². The molecule has 0 spiro atoms. The Morgan fingerprint density at radius 3 is 2.46 bits per heavy atom. The Balaban J connectivity index is 1.69. The number of imidazole rings is 1. The molecule has 0 bridgehead atoms. The lowest BCUT2D eigenvalue weighted by Crippen LogP contribution is -2.46. The van der Waals surface area contributed by atoms with Gasteiger partial charge in [-0.2, -0.15) is 26.3 Å². The lowest BCUT2D eigenvalue weighted by atomic mass is 10.1. The quantitative estimate of drug-likeness (QED) is 0.255. The maximum absolute atomic E-state index is 12.8. The molecule has 0 aliphatic heterocycles. The number of halogens is 7. The number of hydrogen-bond acceptors (Lipinski definition) is 6. The molecule has 0 saturated heterocycles. The van der Waals surface area contributed by atoms with Crippen LogP contribution in [-0.4, -0.2) is 50.5 Å². The van der Waals surface area contributed by atoms with Crippen LogP contribution in [0.3, 0.4) is 0 Å². The van der Waals surface area contributed by atoms with Gasteiger partial charge in [0.1, 0.15) is 12.2 Å². The van der Waals surface area contributed by atoms with Crippen LogP contribution < -0.4 is 10.4 Å². The van der Waals surface area contributed by atoms with Crippen LogP contribution in [0.1, 0.15) is 5.56 Å². The number of benzene rings is 1. The standard InChI is InChI=1S/C23H15ClF6N6O3/c1-12-7-16(33-34-19(12)24)13-5-6-35-17(10-31-18(35)9-13)14-3-2-4-15(8-14)36(39-20(37)23(28,29)30)21(38)32-11-22(25,26)27/h2-10H,11H2,1H3,(H,32,38). The summed E-state index contributed by atoms with van der Waals surface area (Å²) in [5.41, 5.74) is 2.55. The summed E-state index contributed by atoms with van der Waals surface area (Å²) >= 11 is 5.92. The average molecular weight is 573 g/mol. The van der Waals surface area contributed by atoms with E-state index in [1.54, 1.807) is 35.7 Å². The highest BCUT2D eigenvalue weighted by molar-refractivity contribution is 6.30. The van der Waals surface area contributed by atoms with E-state index < -0.39 is 36.6 Å². The van der Waals surface area contributed by atoms with Gasteiger partial charge in [0.2, 0.25) is 0 Å². The first-order valence-corrected chi connectivity index (χ1v) is 11.1. The number of hydrogen-bond donors (Lipinski definition) is 1. The number of urea groups is 1. The number of aromatic nitrogens is 4. The molecule has 0 aliphatic carbocycles. The molecule has 2 amide bonds. The van der Waals surface area contributed by atoms with Gasteiger partial charge in [0.15, 0.2) is 5.15 Å². The molecule has 4 rings (SSSR count). The van der Waals surface area contributed by atoms with E-state index in [2.05, 4.69) is 20.0 Å². The van der Waals surface area contributed by atoms with E-state index in [1.165, 1.54) is 23.6 Å². The molecule has 4 aromatic rings. The van der Waals surface area contributed by atoms with Crippen molar-refractivity contribution in [2.45, 2.75) is 19.3 Å². The number of fused-ring (bicyclic) bond motifs is 1. The highest BCUT2D eigenvalue weighted by Gasteiger charge is 2.44. The van der Waals surface area contributed by atoms with Crippen LogP contribution >= 0.6 is 11.6 Å². The summed E-state index contributed by atoms with van der Waals surface area (Å²) in [6, 6.07) is 8.39. The van der Waals surface area contributed by atoms with E-state index in [0.717, 1.165) is 12.1 Å². The summed E-state index contributed by atoms with van der Waals surface area (Å²) in [5, 5.41) is 9.34. The van der Waals surface area contributed by atoms with Crippen LogP contribution in [0.25, 0.3) is 28.2 Å². The predicted octanol–water partition coefficient (Wildman–Crippen LogP) is 5.52. The largest absolute Gasteiger partial charge is 0.493 e. The zero-order chi connectivity index (χ0) is 28.5. The van der Waals surface area contributed by atoms with Crippen molar-refractivity contribution in [3.8, 4) is 22.5 Å². The second kappa shape index (κ2) is 10.4. The Morgan fingerprint density at radius 1 is 1.05 bits per heavy atom. The number of alkyl halides is 6. The monoisotopic (exact) mass is 572 g/mol. The summed E-state index contributed by atoms with van der Waals surface area (Å²) in [6.45, 7) is -0.114. The predicted molar refractivity (Wildman–Crippen MR) is 125 cm³/mol. The van der Waals surface area contributed by atoms with Crippen LogP contribution in [0.5, 0.6) is 0 Å². The molecule has 3 aromatic heterocycles. The Bertz CT molecular complexity index is 1560. The third-order valence-corrected chi connectivity index (χ3v) is 5.51. The number of nitrogens with one attached hydrogen (secondary N) is 1. The number of hydroxylamine groups is 1. The summed E-state index contributed by atoms with van der Waals surface area (Å²) in [7, 11) is 0. The van der Waals surface area contributed by atoms with Crippen LogP contribution in [0.2, 0.25) is 5.15 Å². The van der Waals surface area contributed by atoms with Gasteiger partial charge in [0, 0.05) is 17.3 Å². The number of anilines is 1. The molecule has 204 valence electrons. The van der Waals surface area contributed by atoms with Crippen molar-refractivity contribution < 1.29 is 40.8 Å². The van der Waals surface area contributed by atoms with Gasteiger partial charge >= 0.3 is 24.4 Å². The maximum Gasteiger partial charge on any atom is 0.493 e. The minimum Gasteiger partial charge on any atom is -0.326 e. The van der Waals surface area contributed by atoms with Gasteiger partial charge in [0.05, 0.1) is 23.3 Å². The van der Waals surface area contributed by atoms with Gasteiger partial charge in [-0.1, -0.05) is 23.7 Å². The summed E-state index contributed by atoms with van der Waals surface area (Å²) in [4.78, 5) is 32.1. The summed E-state index contributed by atoms with van der Waals surface area (Å²) in [6.07, 6.45) is -7.34. The normalized spacial score (nSPS) is 11.9. The number of nitrogens with zero attached hydrogens (tertiary/aromatic N) is 5. The second-order valence-corrected chi connectivity index (χ2v) is 8.34. The van der Waals surface area contributed by atoms with Crippen LogP contribution in [-0.2, 0) is 9.63 Å². The highest BCUT2D eigenvalue weighted by Crippen LogP contribution is 2.29. The van der Waals surface area contributed by atoms with Crippen LogP contribution in [0.15, 0.2) is 54.9 Å². The molecular weight excluding hydrogens is 558 g/mol.